The Hall–Kier alpha value is -0.890. The van der Waals surface area contributed by atoms with Gasteiger partial charge in [-0.25, -0.2) is 4.39 Å². The van der Waals surface area contributed by atoms with Crippen LogP contribution >= 0.6 is 0 Å². The molecular weight excluding hydrogens is 213 g/mol. The van der Waals surface area contributed by atoms with E-state index in [1.54, 1.807) is 0 Å². The first-order chi connectivity index (χ1) is 7.83. The second-order valence-corrected chi connectivity index (χ2v) is 5.53. The zero-order chi connectivity index (χ0) is 13.2. The van der Waals surface area contributed by atoms with Crippen molar-refractivity contribution in [2.45, 2.75) is 47.1 Å². The summed E-state index contributed by atoms with van der Waals surface area (Å²) in [5, 5.41) is 3.36. The van der Waals surface area contributed by atoms with E-state index in [1.807, 2.05) is 33.0 Å². The molecule has 0 saturated heterocycles. The summed E-state index contributed by atoms with van der Waals surface area (Å²) in [7, 11) is 1.97. The Labute approximate surface area is 104 Å². The molecule has 0 aliphatic carbocycles. The maximum atomic E-state index is 13.6. The Kier molecular flexibility index (Phi) is 4.31. The van der Waals surface area contributed by atoms with Gasteiger partial charge in [0.05, 0.1) is 0 Å². The highest BCUT2D eigenvalue weighted by Gasteiger charge is 2.28. The Morgan fingerprint density at radius 3 is 2.06 bits per heavy atom. The van der Waals surface area contributed by atoms with Crippen molar-refractivity contribution in [3.8, 4) is 0 Å². The topological polar surface area (TPSA) is 12.0 Å². The first-order valence-electron chi connectivity index (χ1n) is 6.27. The fourth-order valence-electron chi connectivity index (χ4n) is 2.36. The van der Waals surface area contributed by atoms with Crippen molar-refractivity contribution >= 4 is 0 Å². The number of hydrogen-bond donors (Lipinski definition) is 1. The summed E-state index contributed by atoms with van der Waals surface area (Å²) in [5.41, 5.74) is 2.79. The Balaban J connectivity index is 3.22. The molecule has 1 aromatic rings. The maximum absolute atomic E-state index is 13.6. The van der Waals surface area contributed by atoms with Gasteiger partial charge in [-0.3, -0.25) is 0 Å². The lowest BCUT2D eigenvalue weighted by Crippen LogP contribution is -2.31. The molecule has 96 valence electrons. The van der Waals surface area contributed by atoms with Crippen molar-refractivity contribution in [2.75, 3.05) is 7.05 Å². The van der Waals surface area contributed by atoms with Crippen LogP contribution in [0.25, 0.3) is 0 Å². The smallest absolute Gasteiger partial charge is 0.129 e. The molecule has 0 radical (unpaired) electrons. The average molecular weight is 237 g/mol. The minimum Gasteiger partial charge on any atom is -0.313 e. The van der Waals surface area contributed by atoms with Crippen LogP contribution in [0, 0.1) is 25.1 Å². The Morgan fingerprint density at radius 2 is 1.71 bits per heavy atom. The van der Waals surface area contributed by atoms with E-state index in [1.165, 1.54) is 5.56 Å². The molecule has 0 bridgehead atoms. The third-order valence-electron chi connectivity index (χ3n) is 3.77. The van der Waals surface area contributed by atoms with Gasteiger partial charge in [-0.2, -0.15) is 0 Å². The summed E-state index contributed by atoms with van der Waals surface area (Å²) >= 11 is 0. The van der Waals surface area contributed by atoms with E-state index in [-0.39, 0.29) is 17.3 Å². The molecule has 0 aliphatic heterocycles. The van der Waals surface area contributed by atoms with Gasteiger partial charge in [0.2, 0.25) is 0 Å². The number of nitrogens with one attached hydrogen (secondary N) is 1. The number of hydrogen-bond acceptors (Lipinski definition) is 1. The van der Waals surface area contributed by atoms with Gasteiger partial charge in [-0.05, 0) is 49.4 Å². The highest BCUT2D eigenvalue weighted by Crippen LogP contribution is 2.36. The van der Waals surface area contributed by atoms with E-state index in [4.69, 9.17) is 0 Å². The van der Waals surface area contributed by atoms with Crippen LogP contribution in [0.3, 0.4) is 0 Å². The van der Waals surface area contributed by atoms with Crippen LogP contribution in [0.15, 0.2) is 12.1 Å². The van der Waals surface area contributed by atoms with Crippen molar-refractivity contribution in [3.63, 3.8) is 0 Å². The molecule has 0 aliphatic rings. The van der Waals surface area contributed by atoms with Crippen LogP contribution in [-0.2, 0) is 0 Å². The fourth-order valence-corrected chi connectivity index (χ4v) is 2.36. The van der Waals surface area contributed by atoms with Crippen molar-refractivity contribution in [2.24, 2.45) is 5.41 Å². The summed E-state index contributed by atoms with van der Waals surface area (Å²) in [5.74, 6) is -0.0853. The molecule has 0 saturated carbocycles. The molecule has 1 unspecified atom stereocenters. The van der Waals surface area contributed by atoms with Crippen molar-refractivity contribution < 1.29 is 4.39 Å². The number of aryl methyl sites for hydroxylation is 2. The maximum Gasteiger partial charge on any atom is 0.129 e. The number of benzene rings is 1. The van der Waals surface area contributed by atoms with E-state index in [0.29, 0.717) is 0 Å². The summed E-state index contributed by atoms with van der Waals surface area (Å²) in [4.78, 5) is 0. The number of rotatable bonds is 4. The fraction of sp³-hybridized carbons (Fsp3) is 0.600. The lowest BCUT2D eigenvalue weighted by atomic mass is 9.78. The molecule has 0 amide bonds. The normalized spacial score (nSPS) is 13.8. The molecule has 1 atom stereocenters. The van der Waals surface area contributed by atoms with Gasteiger partial charge >= 0.3 is 0 Å². The van der Waals surface area contributed by atoms with Gasteiger partial charge in [0.15, 0.2) is 0 Å². The Bertz CT molecular complexity index is 373. The lowest BCUT2D eigenvalue weighted by molar-refractivity contribution is 0.245. The first-order valence-corrected chi connectivity index (χ1v) is 6.27. The van der Waals surface area contributed by atoms with Crippen LogP contribution in [0.2, 0.25) is 0 Å². The van der Waals surface area contributed by atoms with Crippen LogP contribution in [0.1, 0.15) is 49.9 Å². The standard InChI is InChI=1S/C15H24FN/c1-7-15(4,5)14(17-6)12-8-10(2)13(16)11(3)9-12/h8-9,14,17H,7H2,1-6H3. The van der Waals surface area contributed by atoms with Gasteiger partial charge < -0.3 is 5.32 Å². The second kappa shape index (κ2) is 5.18. The van der Waals surface area contributed by atoms with E-state index >= 15 is 0 Å². The van der Waals surface area contributed by atoms with E-state index in [2.05, 4.69) is 26.1 Å². The predicted octanol–water partition coefficient (Wildman–Crippen LogP) is 4.14. The SMILES string of the molecule is CCC(C)(C)C(NC)c1cc(C)c(F)c(C)c1. The predicted molar refractivity (Wildman–Crippen MR) is 71.7 cm³/mol. The van der Waals surface area contributed by atoms with Crippen LogP contribution in [0.4, 0.5) is 4.39 Å². The molecule has 0 aromatic heterocycles. The van der Waals surface area contributed by atoms with E-state index < -0.39 is 0 Å². The molecule has 1 N–H and O–H groups in total. The molecule has 1 rings (SSSR count). The summed E-state index contributed by atoms with van der Waals surface area (Å²) in [6, 6.07) is 4.17. The van der Waals surface area contributed by atoms with E-state index in [9.17, 15) is 4.39 Å². The summed E-state index contributed by atoms with van der Waals surface area (Å²) < 4.78 is 13.6. The highest BCUT2D eigenvalue weighted by atomic mass is 19.1. The minimum absolute atomic E-state index is 0.0853. The molecule has 0 spiro atoms. The summed E-state index contributed by atoms with van der Waals surface area (Å²) in [6.07, 6.45) is 1.08. The van der Waals surface area contributed by atoms with Gasteiger partial charge in [-0.15, -0.1) is 0 Å². The van der Waals surface area contributed by atoms with E-state index in [0.717, 1.165) is 17.5 Å². The van der Waals surface area contributed by atoms with Crippen LogP contribution in [0.5, 0.6) is 0 Å². The zero-order valence-corrected chi connectivity index (χ0v) is 11.8. The minimum atomic E-state index is -0.0853. The quantitative estimate of drug-likeness (QED) is 0.830. The first kappa shape index (κ1) is 14.2. The third-order valence-corrected chi connectivity index (χ3v) is 3.77. The van der Waals surface area contributed by atoms with Gasteiger partial charge in [-0.1, -0.05) is 32.9 Å². The molecule has 17 heavy (non-hydrogen) atoms. The van der Waals surface area contributed by atoms with Crippen LogP contribution in [-0.4, -0.2) is 7.05 Å². The highest BCUT2D eigenvalue weighted by molar-refractivity contribution is 5.33. The zero-order valence-electron chi connectivity index (χ0n) is 11.8. The van der Waals surface area contributed by atoms with Crippen molar-refractivity contribution in [1.29, 1.82) is 0 Å². The second-order valence-electron chi connectivity index (χ2n) is 5.53. The largest absolute Gasteiger partial charge is 0.313 e. The monoisotopic (exact) mass is 237 g/mol. The van der Waals surface area contributed by atoms with Crippen molar-refractivity contribution in [1.82, 2.24) is 5.32 Å². The average Bonchev–Trinajstić information content (AvgIpc) is 2.26. The molecule has 0 heterocycles. The Morgan fingerprint density at radius 1 is 1.24 bits per heavy atom. The molecule has 1 aromatic carbocycles. The number of halogens is 1. The van der Waals surface area contributed by atoms with Gasteiger partial charge in [0.25, 0.3) is 0 Å². The third kappa shape index (κ3) is 2.86. The van der Waals surface area contributed by atoms with Crippen molar-refractivity contribution in [3.05, 3.63) is 34.6 Å². The molecule has 0 fully saturated rings. The van der Waals surface area contributed by atoms with Gasteiger partial charge in [0, 0.05) is 6.04 Å². The molecular formula is C15H24FN. The van der Waals surface area contributed by atoms with Gasteiger partial charge in [0.1, 0.15) is 5.82 Å². The summed E-state index contributed by atoms with van der Waals surface area (Å²) in [6.45, 7) is 10.3. The molecule has 2 heteroatoms. The molecule has 1 nitrogen and oxygen atoms in total. The lowest BCUT2D eigenvalue weighted by Gasteiger charge is -2.34. The van der Waals surface area contributed by atoms with Crippen LogP contribution < -0.4 is 5.32 Å².